The Labute approximate surface area is 103 Å². The van der Waals surface area contributed by atoms with Crippen molar-refractivity contribution < 1.29 is 14.7 Å². The monoisotopic (exact) mass is 242 g/mol. The minimum atomic E-state index is -1.24. The molecule has 0 aliphatic rings. The maximum absolute atomic E-state index is 11.3. The molecule has 90 valence electrons. The second-order valence-corrected chi connectivity index (χ2v) is 3.68. The number of nitrogens with zero attached hydrogens (tertiary/aromatic N) is 2. The predicted octanol–water partition coefficient (Wildman–Crippen LogP) is 2.04. The Morgan fingerprint density at radius 2 is 1.83 bits per heavy atom. The summed E-state index contributed by atoms with van der Waals surface area (Å²) in [5.74, 6) is -1.32. The highest BCUT2D eigenvalue weighted by Crippen LogP contribution is 2.16. The van der Waals surface area contributed by atoms with Gasteiger partial charge in [-0.25, -0.2) is 14.8 Å². The lowest BCUT2D eigenvalue weighted by Crippen LogP contribution is -2.11. The van der Waals surface area contributed by atoms with Crippen LogP contribution in [-0.2, 0) is 0 Å². The quantitative estimate of drug-likeness (QED) is 0.833. The Hall–Kier alpha value is -2.56. The molecule has 0 fully saturated rings. The first kappa shape index (κ1) is 11.9. The van der Waals surface area contributed by atoms with Crippen LogP contribution in [0, 0.1) is 0 Å². The van der Waals surface area contributed by atoms with Gasteiger partial charge < -0.3 is 5.11 Å². The zero-order chi connectivity index (χ0) is 13.1. The summed E-state index contributed by atoms with van der Waals surface area (Å²) in [6.07, 6.45) is 1.25. The van der Waals surface area contributed by atoms with E-state index in [1.165, 1.54) is 13.1 Å². The van der Waals surface area contributed by atoms with Gasteiger partial charge in [0.2, 0.25) is 0 Å². The van der Waals surface area contributed by atoms with Crippen molar-refractivity contribution in [1.29, 1.82) is 0 Å². The molecule has 0 saturated heterocycles. The molecule has 0 amide bonds. The number of carbonyl (C=O) groups is 2. The average Bonchev–Trinajstić information content (AvgIpc) is 2.39. The van der Waals surface area contributed by atoms with Crippen LogP contribution in [0.1, 0.15) is 27.8 Å². The normalized spacial score (nSPS) is 10.1. The summed E-state index contributed by atoms with van der Waals surface area (Å²) in [5.41, 5.74) is 0.452. The number of aromatic nitrogens is 2. The molecule has 0 radical (unpaired) electrons. The Bertz CT molecular complexity index is 609. The zero-order valence-corrected chi connectivity index (χ0v) is 9.62. The second-order valence-electron chi connectivity index (χ2n) is 3.68. The van der Waals surface area contributed by atoms with Gasteiger partial charge in [-0.05, 0) is 6.92 Å². The maximum atomic E-state index is 11.3. The molecule has 1 aromatic heterocycles. The molecular weight excluding hydrogens is 232 g/mol. The van der Waals surface area contributed by atoms with Gasteiger partial charge in [-0.1, -0.05) is 30.3 Å². The molecule has 0 spiro atoms. The van der Waals surface area contributed by atoms with Crippen molar-refractivity contribution in [3.05, 3.63) is 47.8 Å². The molecule has 2 rings (SSSR count). The molecule has 2 aromatic rings. The van der Waals surface area contributed by atoms with E-state index in [0.717, 1.165) is 0 Å². The summed E-state index contributed by atoms with van der Waals surface area (Å²) in [6.45, 7) is 1.29. The Morgan fingerprint density at radius 3 is 2.39 bits per heavy atom. The van der Waals surface area contributed by atoms with Gasteiger partial charge in [-0.15, -0.1) is 0 Å². The lowest BCUT2D eigenvalue weighted by Gasteiger charge is -2.04. The predicted molar refractivity (Wildman–Crippen MR) is 64.4 cm³/mol. The summed E-state index contributed by atoms with van der Waals surface area (Å²) in [4.78, 5) is 30.3. The standard InChI is InChI=1S/C13H10N2O3/c1-8(16)10-7-14-12(15-11(10)13(17)18)9-5-3-2-4-6-9/h2-7H,1H3,(H,17,18). The summed E-state index contributed by atoms with van der Waals surface area (Å²) in [7, 11) is 0. The summed E-state index contributed by atoms with van der Waals surface area (Å²) < 4.78 is 0. The molecule has 0 bridgehead atoms. The molecule has 1 N–H and O–H groups in total. The van der Waals surface area contributed by atoms with Gasteiger partial charge >= 0.3 is 5.97 Å². The van der Waals surface area contributed by atoms with Gasteiger partial charge in [0.05, 0.1) is 5.56 Å². The van der Waals surface area contributed by atoms with Gasteiger partial charge in [0.25, 0.3) is 0 Å². The van der Waals surface area contributed by atoms with E-state index in [-0.39, 0.29) is 22.9 Å². The topological polar surface area (TPSA) is 80.2 Å². The highest BCUT2D eigenvalue weighted by Gasteiger charge is 2.17. The molecule has 0 aliphatic heterocycles. The van der Waals surface area contributed by atoms with Crippen LogP contribution in [0.15, 0.2) is 36.5 Å². The molecule has 0 saturated carbocycles. The first-order chi connectivity index (χ1) is 8.59. The Morgan fingerprint density at radius 1 is 1.17 bits per heavy atom. The third kappa shape index (κ3) is 2.24. The Balaban J connectivity index is 2.57. The van der Waals surface area contributed by atoms with Gasteiger partial charge in [0, 0.05) is 11.8 Å². The average molecular weight is 242 g/mol. The van der Waals surface area contributed by atoms with E-state index >= 15 is 0 Å². The first-order valence-corrected chi connectivity index (χ1v) is 5.26. The molecule has 5 heteroatoms. The summed E-state index contributed by atoms with van der Waals surface area (Å²) in [5, 5.41) is 9.04. The van der Waals surface area contributed by atoms with E-state index in [4.69, 9.17) is 5.11 Å². The fourth-order valence-corrected chi connectivity index (χ4v) is 1.53. The highest BCUT2D eigenvalue weighted by atomic mass is 16.4. The van der Waals surface area contributed by atoms with Gasteiger partial charge in [-0.2, -0.15) is 0 Å². The van der Waals surface area contributed by atoms with Crippen LogP contribution < -0.4 is 0 Å². The molecule has 0 atom stereocenters. The largest absolute Gasteiger partial charge is 0.476 e. The number of rotatable bonds is 3. The van der Waals surface area contributed by atoms with Crippen LogP contribution in [0.2, 0.25) is 0 Å². The number of carboxylic acids is 1. The molecule has 5 nitrogen and oxygen atoms in total. The minimum Gasteiger partial charge on any atom is -0.476 e. The summed E-state index contributed by atoms with van der Waals surface area (Å²) in [6, 6.07) is 8.99. The Kier molecular flexibility index (Phi) is 3.14. The van der Waals surface area contributed by atoms with Crippen molar-refractivity contribution in [1.82, 2.24) is 9.97 Å². The number of ketones is 1. The van der Waals surface area contributed by atoms with E-state index in [1.807, 2.05) is 6.07 Å². The lowest BCUT2D eigenvalue weighted by atomic mass is 10.1. The molecule has 1 heterocycles. The van der Waals surface area contributed by atoms with E-state index in [0.29, 0.717) is 5.56 Å². The third-order valence-corrected chi connectivity index (χ3v) is 2.40. The highest BCUT2D eigenvalue weighted by molar-refractivity contribution is 6.03. The number of hydrogen-bond donors (Lipinski definition) is 1. The van der Waals surface area contributed by atoms with Gasteiger partial charge in [0.15, 0.2) is 17.3 Å². The number of Topliss-reactive ketones (excluding diaryl/α,β-unsaturated/α-hetero) is 1. The molecular formula is C13H10N2O3. The van der Waals surface area contributed by atoms with Gasteiger partial charge in [0.1, 0.15) is 0 Å². The van der Waals surface area contributed by atoms with Crippen LogP contribution in [0.25, 0.3) is 11.4 Å². The number of carbonyl (C=O) groups excluding carboxylic acids is 1. The molecule has 0 aliphatic carbocycles. The minimum absolute atomic E-state index is 0.0159. The van der Waals surface area contributed by atoms with Crippen LogP contribution in [-0.4, -0.2) is 26.8 Å². The van der Waals surface area contributed by atoms with E-state index in [9.17, 15) is 9.59 Å². The van der Waals surface area contributed by atoms with Crippen LogP contribution >= 0.6 is 0 Å². The number of benzene rings is 1. The molecule has 18 heavy (non-hydrogen) atoms. The van der Waals surface area contributed by atoms with E-state index < -0.39 is 5.97 Å². The third-order valence-electron chi connectivity index (χ3n) is 2.40. The van der Waals surface area contributed by atoms with Crippen molar-refractivity contribution in [2.24, 2.45) is 0 Å². The number of aromatic carboxylic acids is 1. The molecule has 0 unspecified atom stereocenters. The van der Waals surface area contributed by atoms with Crippen molar-refractivity contribution in [2.45, 2.75) is 6.92 Å². The van der Waals surface area contributed by atoms with E-state index in [1.54, 1.807) is 24.3 Å². The summed E-state index contributed by atoms with van der Waals surface area (Å²) >= 11 is 0. The van der Waals surface area contributed by atoms with Crippen LogP contribution in [0.4, 0.5) is 0 Å². The van der Waals surface area contributed by atoms with E-state index in [2.05, 4.69) is 9.97 Å². The molecule has 1 aromatic carbocycles. The fraction of sp³-hybridized carbons (Fsp3) is 0.0769. The SMILES string of the molecule is CC(=O)c1cnc(-c2ccccc2)nc1C(=O)O. The lowest BCUT2D eigenvalue weighted by molar-refractivity contribution is 0.0685. The number of hydrogen-bond acceptors (Lipinski definition) is 4. The number of carboxylic acid groups (broad SMARTS) is 1. The van der Waals surface area contributed by atoms with Crippen LogP contribution in [0.3, 0.4) is 0 Å². The fourth-order valence-electron chi connectivity index (χ4n) is 1.53. The first-order valence-electron chi connectivity index (χ1n) is 5.26. The van der Waals surface area contributed by atoms with Crippen LogP contribution in [0.5, 0.6) is 0 Å². The smallest absolute Gasteiger partial charge is 0.355 e. The zero-order valence-electron chi connectivity index (χ0n) is 9.62. The van der Waals surface area contributed by atoms with Crippen molar-refractivity contribution in [3.8, 4) is 11.4 Å². The van der Waals surface area contributed by atoms with Crippen molar-refractivity contribution in [2.75, 3.05) is 0 Å². The second kappa shape index (κ2) is 4.75. The van der Waals surface area contributed by atoms with Crippen molar-refractivity contribution in [3.63, 3.8) is 0 Å². The maximum Gasteiger partial charge on any atom is 0.355 e. The van der Waals surface area contributed by atoms with Gasteiger partial charge in [-0.3, -0.25) is 4.79 Å². The van der Waals surface area contributed by atoms with Crippen molar-refractivity contribution >= 4 is 11.8 Å².